The summed E-state index contributed by atoms with van der Waals surface area (Å²) in [5.74, 6) is -0.334. The van der Waals surface area contributed by atoms with Gasteiger partial charge in [0, 0.05) is 0 Å². The molecule has 2 aliphatic rings. The molecule has 0 atom stereocenters. The zero-order valence-corrected chi connectivity index (χ0v) is 18.3. The molecule has 3 nitrogen and oxygen atoms in total. The fourth-order valence-corrected chi connectivity index (χ4v) is 6.47. The molecule has 0 unspecified atom stereocenters. The number of anilines is 3. The monoisotopic (exact) mass is 467 g/mol. The Hall–Kier alpha value is -3.46. The van der Waals surface area contributed by atoms with E-state index in [1.807, 2.05) is 6.07 Å². The molecule has 0 spiro atoms. The Balaban J connectivity index is 1.43. The molecular weight excluding hydrogens is 449 g/mol. The van der Waals surface area contributed by atoms with E-state index in [-0.39, 0.29) is 31.6 Å². The summed E-state index contributed by atoms with van der Waals surface area (Å²) in [7, 11) is 0. The van der Waals surface area contributed by atoms with Gasteiger partial charge in [0.15, 0.2) is 0 Å². The van der Waals surface area contributed by atoms with E-state index in [0.717, 1.165) is 10.9 Å². The van der Waals surface area contributed by atoms with E-state index in [1.54, 1.807) is 30.3 Å². The summed E-state index contributed by atoms with van der Waals surface area (Å²) >= 11 is -0.0140. The van der Waals surface area contributed by atoms with Gasteiger partial charge in [-0.3, -0.25) is 0 Å². The van der Waals surface area contributed by atoms with Gasteiger partial charge >= 0.3 is 186 Å². The number of fused-ring (bicyclic) bond motifs is 3. The molecule has 6 rings (SSSR count). The summed E-state index contributed by atoms with van der Waals surface area (Å²) in [4.78, 5) is 27.9. The first-order valence-corrected chi connectivity index (χ1v) is 11.9. The number of rotatable bonds is 2. The van der Waals surface area contributed by atoms with Gasteiger partial charge < -0.3 is 0 Å². The summed E-state index contributed by atoms with van der Waals surface area (Å²) in [5.41, 5.74) is 6.33. The van der Waals surface area contributed by atoms with Crippen LogP contribution in [0.1, 0.15) is 36.3 Å². The number of allylic oxidation sites excluding steroid dienone is 1. The summed E-state index contributed by atoms with van der Waals surface area (Å²) < 4.78 is 2.24. The second-order valence-corrected chi connectivity index (χ2v) is 10.0. The number of Topliss-reactive ketones (excluding diaryl/α,β-unsaturated/α-hetero) is 2. The molecule has 1 aromatic heterocycles. The standard InChI is InChI=1S/C27H17NO2Se/c29-26-20-9-3-4-10-21(20)27(30)22(26)16-19-13-14-25(31-19)28-23-11-5-1-7-17(23)15-18-8-2-6-12-24(18)28/h1-14,16H,15H2. The van der Waals surface area contributed by atoms with Crippen LogP contribution in [0.15, 0.2) is 90.5 Å². The Labute approximate surface area is 186 Å². The SMILES string of the molecule is O=C1C(=Cc2ccc(N3c4ccccc4Cc4ccccc43)[se]2)C(=O)c2ccccc21. The number of carbonyl (C=O) groups excluding carboxylic acids is 2. The molecule has 1 aliphatic heterocycles. The van der Waals surface area contributed by atoms with Crippen molar-refractivity contribution in [3.05, 3.63) is 117 Å². The van der Waals surface area contributed by atoms with Crippen molar-refractivity contribution in [3.8, 4) is 0 Å². The van der Waals surface area contributed by atoms with Gasteiger partial charge in [-0.25, -0.2) is 0 Å². The van der Waals surface area contributed by atoms with E-state index >= 15 is 0 Å². The van der Waals surface area contributed by atoms with Gasteiger partial charge in [-0.15, -0.1) is 0 Å². The molecule has 31 heavy (non-hydrogen) atoms. The third-order valence-corrected chi connectivity index (χ3v) is 8.01. The third kappa shape index (κ3) is 2.88. The van der Waals surface area contributed by atoms with E-state index in [0.29, 0.717) is 11.1 Å². The second-order valence-electron chi connectivity index (χ2n) is 7.71. The molecule has 0 bridgehead atoms. The number of carbonyl (C=O) groups is 2. The molecule has 0 amide bonds. The predicted molar refractivity (Wildman–Crippen MR) is 124 cm³/mol. The Kier molecular flexibility index (Phi) is 4.17. The van der Waals surface area contributed by atoms with Crippen molar-refractivity contribution in [1.82, 2.24) is 0 Å². The van der Waals surface area contributed by atoms with Gasteiger partial charge in [-0.1, -0.05) is 0 Å². The van der Waals surface area contributed by atoms with Crippen molar-refractivity contribution in [3.63, 3.8) is 0 Å². The van der Waals surface area contributed by atoms with Crippen LogP contribution in [0.5, 0.6) is 0 Å². The zero-order valence-electron chi connectivity index (χ0n) is 16.5. The molecule has 0 radical (unpaired) electrons. The molecule has 0 saturated heterocycles. The first-order chi connectivity index (χ1) is 15.2. The van der Waals surface area contributed by atoms with Crippen LogP contribution in [0.4, 0.5) is 15.9 Å². The van der Waals surface area contributed by atoms with Crippen LogP contribution in [-0.2, 0) is 6.42 Å². The minimum atomic E-state index is -0.167. The van der Waals surface area contributed by atoms with Crippen molar-refractivity contribution in [1.29, 1.82) is 0 Å². The van der Waals surface area contributed by atoms with Crippen LogP contribution in [-0.4, -0.2) is 26.1 Å². The molecule has 1 aliphatic carbocycles. The van der Waals surface area contributed by atoms with Gasteiger partial charge in [-0.05, 0) is 0 Å². The van der Waals surface area contributed by atoms with Crippen molar-refractivity contribution < 1.29 is 9.59 Å². The Bertz CT molecular complexity index is 1330. The molecular formula is C27H17NO2Se. The number of para-hydroxylation sites is 2. The van der Waals surface area contributed by atoms with Crippen LogP contribution >= 0.6 is 0 Å². The Morgan fingerprint density at radius 3 is 1.84 bits per heavy atom. The van der Waals surface area contributed by atoms with Crippen LogP contribution in [0.25, 0.3) is 6.08 Å². The zero-order chi connectivity index (χ0) is 20.9. The fourth-order valence-electron chi connectivity index (χ4n) is 4.42. The number of benzene rings is 3. The third-order valence-electron chi connectivity index (χ3n) is 5.87. The first-order valence-electron chi connectivity index (χ1n) is 10.2. The average Bonchev–Trinajstić information content (AvgIpc) is 3.36. The van der Waals surface area contributed by atoms with E-state index in [4.69, 9.17) is 0 Å². The molecule has 0 saturated carbocycles. The van der Waals surface area contributed by atoms with Crippen LogP contribution < -0.4 is 4.90 Å². The van der Waals surface area contributed by atoms with Crippen LogP contribution in [0, 0.1) is 0 Å². The molecule has 3 aromatic carbocycles. The molecule has 0 fully saturated rings. The molecule has 0 N–H and O–H groups in total. The maximum absolute atomic E-state index is 12.8. The predicted octanol–water partition coefficient (Wildman–Crippen LogP) is 5.58. The summed E-state index contributed by atoms with van der Waals surface area (Å²) in [6.07, 6.45) is 2.73. The minimum absolute atomic E-state index is 0.0140. The van der Waals surface area contributed by atoms with Crippen molar-refractivity contribution in [2.45, 2.75) is 6.42 Å². The Morgan fingerprint density at radius 2 is 1.23 bits per heavy atom. The van der Waals surface area contributed by atoms with Crippen molar-refractivity contribution >= 4 is 48.1 Å². The van der Waals surface area contributed by atoms with E-state index in [1.165, 1.54) is 27.1 Å². The van der Waals surface area contributed by atoms with Gasteiger partial charge in [-0.2, -0.15) is 0 Å². The van der Waals surface area contributed by atoms with Gasteiger partial charge in [0.2, 0.25) is 0 Å². The van der Waals surface area contributed by atoms with Crippen LogP contribution in [0.2, 0.25) is 0 Å². The summed E-state index contributed by atoms with van der Waals surface area (Å²) in [5, 5.41) is 0. The molecule has 2 heterocycles. The normalized spacial score (nSPS) is 14.3. The number of hydrogen-bond acceptors (Lipinski definition) is 3. The summed E-state index contributed by atoms with van der Waals surface area (Å²) in [6, 6.07) is 28.3. The quantitative estimate of drug-likeness (QED) is 0.194. The summed E-state index contributed by atoms with van der Waals surface area (Å²) in [6.45, 7) is 0. The first kappa shape index (κ1) is 18.3. The van der Waals surface area contributed by atoms with E-state index < -0.39 is 0 Å². The molecule has 148 valence electrons. The Morgan fingerprint density at radius 1 is 0.677 bits per heavy atom. The number of nitrogens with zero attached hydrogens (tertiary/aromatic N) is 1. The second kappa shape index (κ2) is 7.05. The van der Waals surface area contributed by atoms with Gasteiger partial charge in [0.05, 0.1) is 0 Å². The molecule has 4 heteroatoms. The maximum atomic E-state index is 12.8. The number of ketones is 2. The van der Waals surface area contributed by atoms with Crippen molar-refractivity contribution in [2.75, 3.05) is 4.90 Å². The van der Waals surface area contributed by atoms with Crippen LogP contribution in [0.3, 0.4) is 0 Å². The number of hydrogen-bond donors (Lipinski definition) is 0. The van der Waals surface area contributed by atoms with E-state index in [2.05, 4.69) is 59.5 Å². The van der Waals surface area contributed by atoms with Gasteiger partial charge in [0.25, 0.3) is 0 Å². The van der Waals surface area contributed by atoms with Crippen molar-refractivity contribution in [2.24, 2.45) is 0 Å². The molecule has 4 aromatic rings. The topological polar surface area (TPSA) is 37.4 Å². The van der Waals surface area contributed by atoms with E-state index in [9.17, 15) is 9.59 Å². The van der Waals surface area contributed by atoms with Gasteiger partial charge in [0.1, 0.15) is 0 Å². The average molecular weight is 466 g/mol. The fraction of sp³-hybridized carbons (Fsp3) is 0.0370.